The quantitative estimate of drug-likeness (QED) is 0.882. The Hall–Kier alpha value is -1.25. The van der Waals surface area contributed by atoms with Gasteiger partial charge in [-0.15, -0.1) is 11.3 Å². The minimum absolute atomic E-state index is 0.192. The van der Waals surface area contributed by atoms with Gasteiger partial charge in [0.05, 0.1) is 5.39 Å². The molecule has 6 nitrogen and oxygen atoms in total. The highest BCUT2D eigenvalue weighted by Crippen LogP contribution is 2.36. The highest BCUT2D eigenvalue weighted by Gasteiger charge is 2.24. The molecule has 22 heavy (non-hydrogen) atoms. The molecule has 120 valence electrons. The van der Waals surface area contributed by atoms with Gasteiger partial charge in [-0.1, -0.05) is 13.3 Å². The lowest BCUT2D eigenvalue weighted by Gasteiger charge is -2.20. The minimum Gasteiger partial charge on any atom is -0.309 e. The number of sulfonamides is 1. The van der Waals surface area contributed by atoms with E-state index in [1.807, 2.05) is 0 Å². The molecule has 0 amide bonds. The van der Waals surface area contributed by atoms with Crippen LogP contribution in [0.25, 0.3) is 10.2 Å². The van der Waals surface area contributed by atoms with Crippen LogP contribution in [0.4, 0.5) is 0 Å². The summed E-state index contributed by atoms with van der Waals surface area (Å²) < 4.78 is 25.5. The van der Waals surface area contributed by atoms with E-state index in [2.05, 4.69) is 21.6 Å². The lowest BCUT2D eigenvalue weighted by Crippen LogP contribution is -2.23. The Morgan fingerprint density at radius 3 is 2.91 bits per heavy atom. The number of nitrogens with zero attached hydrogens (tertiary/aromatic N) is 1. The van der Waals surface area contributed by atoms with Crippen molar-refractivity contribution < 1.29 is 8.42 Å². The minimum atomic E-state index is -3.45. The van der Waals surface area contributed by atoms with Crippen LogP contribution < -0.4 is 10.3 Å². The Balaban J connectivity index is 2.07. The predicted molar refractivity (Wildman–Crippen MR) is 87.7 cm³/mol. The van der Waals surface area contributed by atoms with Crippen LogP contribution in [0.2, 0.25) is 0 Å². The van der Waals surface area contributed by atoms with Gasteiger partial charge in [-0.2, -0.15) is 0 Å². The topological polar surface area (TPSA) is 91.9 Å². The van der Waals surface area contributed by atoms with Crippen LogP contribution in [0.1, 0.15) is 36.0 Å². The molecule has 0 aliphatic heterocycles. The summed E-state index contributed by atoms with van der Waals surface area (Å²) in [6, 6.07) is 0. The number of aryl methyl sites for hydroxylation is 1. The standard InChI is InChI=1S/C14H19N3O3S2/c1-3-8-4-5-9-10(6-8)21-14-12(9)13(18)16-11(17-14)7-22(19,20)15-2/h8,15H,3-7H2,1-2H3,(H,16,17,18)/t8-/m0/s1. The zero-order chi connectivity index (χ0) is 15.9. The van der Waals surface area contributed by atoms with E-state index in [1.54, 1.807) is 0 Å². The summed E-state index contributed by atoms with van der Waals surface area (Å²) >= 11 is 1.53. The lowest BCUT2D eigenvalue weighted by atomic mass is 9.86. The van der Waals surface area contributed by atoms with Crippen LogP contribution in [-0.2, 0) is 28.6 Å². The van der Waals surface area contributed by atoms with E-state index < -0.39 is 10.0 Å². The molecule has 1 aliphatic rings. The van der Waals surface area contributed by atoms with Crippen LogP contribution in [0, 0.1) is 5.92 Å². The fraction of sp³-hybridized carbons (Fsp3) is 0.571. The van der Waals surface area contributed by atoms with Gasteiger partial charge in [-0.3, -0.25) is 4.79 Å². The van der Waals surface area contributed by atoms with Crippen LogP contribution in [0.5, 0.6) is 0 Å². The molecule has 8 heteroatoms. The van der Waals surface area contributed by atoms with Crippen molar-refractivity contribution in [3.05, 3.63) is 26.6 Å². The number of rotatable bonds is 4. The number of aromatic nitrogens is 2. The van der Waals surface area contributed by atoms with Gasteiger partial charge < -0.3 is 4.98 Å². The molecule has 0 bridgehead atoms. The summed E-state index contributed by atoms with van der Waals surface area (Å²) in [6.07, 6.45) is 4.15. The number of fused-ring (bicyclic) bond motifs is 3. The first-order chi connectivity index (χ1) is 10.4. The van der Waals surface area contributed by atoms with E-state index in [9.17, 15) is 13.2 Å². The van der Waals surface area contributed by atoms with E-state index in [0.29, 0.717) is 16.1 Å². The molecule has 2 aromatic rings. The van der Waals surface area contributed by atoms with E-state index >= 15 is 0 Å². The maximum atomic E-state index is 12.4. The van der Waals surface area contributed by atoms with Gasteiger partial charge in [0.15, 0.2) is 0 Å². The average molecular weight is 341 g/mol. The second-order valence-corrected chi connectivity index (χ2v) is 8.69. The normalized spacial score (nSPS) is 18.5. The summed E-state index contributed by atoms with van der Waals surface area (Å²) in [5.41, 5.74) is 0.889. The molecule has 0 unspecified atom stereocenters. The molecule has 2 heterocycles. The van der Waals surface area contributed by atoms with Crippen molar-refractivity contribution in [1.29, 1.82) is 0 Å². The molecular weight excluding hydrogens is 322 g/mol. The third-order valence-corrected chi connectivity index (χ3v) is 6.71. The Morgan fingerprint density at radius 1 is 1.45 bits per heavy atom. The smallest absolute Gasteiger partial charge is 0.259 e. The monoisotopic (exact) mass is 341 g/mol. The maximum absolute atomic E-state index is 12.4. The molecule has 0 spiro atoms. The van der Waals surface area contributed by atoms with Crippen LogP contribution in [0.3, 0.4) is 0 Å². The van der Waals surface area contributed by atoms with Crippen LogP contribution in [0.15, 0.2) is 4.79 Å². The molecule has 0 saturated carbocycles. The lowest BCUT2D eigenvalue weighted by molar-refractivity contribution is 0.451. The molecule has 3 rings (SSSR count). The molecule has 0 fully saturated rings. The average Bonchev–Trinajstić information content (AvgIpc) is 2.84. The molecule has 0 saturated heterocycles. The van der Waals surface area contributed by atoms with Crippen molar-refractivity contribution >= 4 is 31.6 Å². The first kappa shape index (κ1) is 15.6. The Morgan fingerprint density at radius 2 is 2.23 bits per heavy atom. The zero-order valence-electron chi connectivity index (χ0n) is 12.6. The molecule has 0 radical (unpaired) electrons. The third kappa shape index (κ3) is 2.82. The number of nitrogens with one attached hydrogen (secondary N) is 2. The van der Waals surface area contributed by atoms with E-state index in [0.717, 1.165) is 31.2 Å². The van der Waals surface area contributed by atoms with E-state index in [1.165, 1.54) is 23.3 Å². The third-order valence-electron chi connectivity index (χ3n) is 4.29. The summed E-state index contributed by atoms with van der Waals surface area (Å²) in [5.74, 6) is 0.552. The SMILES string of the molecule is CC[C@H]1CCc2c(sc3nc(CS(=O)(=O)NC)[nH]c(=O)c23)C1. The Labute approximate surface area is 133 Å². The number of thiophene rings is 1. The number of hydrogen-bond acceptors (Lipinski definition) is 5. The van der Waals surface area contributed by atoms with Gasteiger partial charge in [0.2, 0.25) is 10.0 Å². The van der Waals surface area contributed by atoms with Crippen molar-refractivity contribution in [1.82, 2.24) is 14.7 Å². The van der Waals surface area contributed by atoms with E-state index in [-0.39, 0.29) is 17.1 Å². The van der Waals surface area contributed by atoms with Gasteiger partial charge in [0, 0.05) is 4.88 Å². The second-order valence-electron chi connectivity index (χ2n) is 5.68. The van der Waals surface area contributed by atoms with Crippen molar-refractivity contribution in [3.8, 4) is 0 Å². The summed E-state index contributed by atoms with van der Waals surface area (Å²) in [4.78, 5) is 21.2. The van der Waals surface area contributed by atoms with Crippen LogP contribution >= 0.6 is 11.3 Å². The van der Waals surface area contributed by atoms with Crippen LogP contribution in [-0.4, -0.2) is 25.4 Å². The highest BCUT2D eigenvalue weighted by molar-refractivity contribution is 7.88. The van der Waals surface area contributed by atoms with Gasteiger partial charge >= 0.3 is 0 Å². The Bertz CT molecular complexity index is 867. The highest BCUT2D eigenvalue weighted by atomic mass is 32.2. The predicted octanol–water partition coefficient (Wildman–Crippen LogP) is 1.55. The van der Waals surface area contributed by atoms with Crippen molar-refractivity contribution in [3.63, 3.8) is 0 Å². The molecule has 2 aromatic heterocycles. The molecule has 1 atom stereocenters. The van der Waals surface area contributed by atoms with Gasteiger partial charge in [0.25, 0.3) is 5.56 Å². The van der Waals surface area contributed by atoms with Gasteiger partial charge in [-0.05, 0) is 37.8 Å². The van der Waals surface area contributed by atoms with Gasteiger partial charge in [-0.25, -0.2) is 18.1 Å². The fourth-order valence-electron chi connectivity index (χ4n) is 2.97. The molecule has 1 aliphatic carbocycles. The Kier molecular flexibility index (Phi) is 4.09. The largest absolute Gasteiger partial charge is 0.309 e. The van der Waals surface area contributed by atoms with E-state index in [4.69, 9.17) is 0 Å². The molecular formula is C14H19N3O3S2. The summed E-state index contributed by atoms with van der Waals surface area (Å²) in [6.45, 7) is 2.19. The van der Waals surface area contributed by atoms with Crippen molar-refractivity contribution in [2.45, 2.75) is 38.4 Å². The molecule has 0 aromatic carbocycles. The molecule has 2 N–H and O–H groups in total. The fourth-order valence-corrected chi connectivity index (χ4v) is 4.96. The van der Waals surface area contributed by atoms with Crippen molar-refractivity contribution in [2.24, 2.45) is 5.92 Å². The maximum Gasteiger partial charge on any atom is 0.259 e. The number of hydrogen-bond donors (Lipinski definition) is 2. The number of H-pyrrole nitrogens is 1. The number of aromatic amines is 1. The van der Waals surface area contributed by atoms with Crippen molar-refractivity contribution in [2.75, 3.05) is 7.05 Å². The second kappa shape index (κ2) is 5.75. The first-order valence-corrected chi connectivity index (χ1v) is 9.85. The zero-order valence-corrected chi connectivity index (χ0v) is 14.2. The van der Waals surface area contributed by atoms with Gasteiger partial charge in [0.1, 0.15) is 16.4 Å². The summed E-state index contributed by atoms with van der Waals surface area (Å²) in [7, 11) is -2.10. The first-order valence-electron chi connectivity index (χ1n) is 7.38. The summed E-state index contributed by atoms with van der Waals surface area (Å²) in [5, 5.41) is 0.653.